The number of aryl methyl sites for hydroxylation is 3. The van der Waals surface area contributed by atoms with Gasteiger partial charge in [0.2, 0.25) is 11.0 Å². The number of amides is 1. The number of thioether (sulfide) groups is 1. The lowest BCUT2D eigenvalue weighted by molar-refractivity contribution is -0.113. The number of nitrogens with zero attached hydrogens (tertiary/aromatic N) is 5. The van der Waals surface area contributed by atoms with Gasteiger partial charge >= 0.3 is 0 Å². The largest absolute Gasteiger partial charge is 0.300 e. The molecule has 0 radical (unpaired) electrons. The Kier molecular flexibility index (Phi) is 6.43. The van der Waals surface area contributed by atoms with Crippen LogP contribution in [0.3, 0.4) is 0 Å². The summed E-state index contributed by atoms with van der Waals surface area (Å²) in [5.41, 5.74) is 4.25. The summed E-state index contributed by atoms with van der Waals surface area (Å²) in [7, 11) is 0. The normalized spacial score (nSPS) is 10.9. The van der Waals surface area contributed by atoms with Crippen LogP contribution in [0.2, 0.25) is 0 Å². The van der Waals surface area contributed by atoms with E-state index in [2.05, 4.69) is 50.8 Å². The number of carbonyl (C=O) groups excluding carboxylic acids is 1. The quantitative estimate of drug-likeness (QED) is 0.411. The molecule has 1 amide bonds. The third kappa shape index (κ3) is 5.00. The molecule has 0 bridgehead atoms. The molecule has 0 atom stereocenters. The molecular weight excluding hydrogens is 428 g/mol. The molecule has 0 aliphatic heterocycles. The summed E-state index contributed by atoms with van der Waals surface area (Å²) >= 11 is 2.73. The minimum atomic E-state index is -0.153. The van der Waals surface area contributed by atoms with Crippen molar-refractivity contribution in [1.82, 2.24) is 25.0 Å². The van der Waals surface area contributed by atoms with E-state index in [0.29, 0.717) is 10.3 Å². The van der Waals surface area contributed by atoms with E-state index >= 15 is 0 Å². The lowest BCUT2D eigenvalue weighted by atomic mass is 10.1. The van der Waals surface area contributed by atoms with Crippen molar-refractivity contribution in [3.63, 3.8) is 0 Å². The lowest BCUT2D eigenvalue weighted by Gasteiger charge is -2.11. The molecule has 9 heteroatoms. The molecule has 2 aromatic carbocycles. The van der Waals surface area contributed by atoms with Gasteiger partial charge in [-0.1, -0.05) is 71.5 Å². The molecule has 4 rings (SSSR count). The van der Waals surface area contributed by atoms with E-state index in [-0.39, 0.29) is 11.7 Å². The Morgan fingerprint density at radius 3 is 2.55 bits per heavy atom. The van der Waals surface area contributed by atoms with E-state index in [1.165, 1.54) is 28.7 Å². The van der Waals surface area contributed by atoms with Crippen molar-refractivity contribution in [2.24, 2.45) is 0 Å². The van der Waals surface area contributed by atoms with E-state index in [1.54, 1.807) is 0 Å². The molecule has 0 fully saturated rings. The van der Waals surface area contributed by atoms with Gasteiger partial charge in [0.1, 0.15) is 5.01 Å². The number of hydrogen-bond donors (Lipinski definition) is 1. The van der Waals surface area contributed by atoms with Crippen LogP contribution in [0.5, 0.6) is 0 Å². The van der Waals surface area contributed by atoms with Crippen molar-refractivity contribution in [3.05, 3.63) is 64.7 Å². The molecule has 2 heterocycles. The van der Waals surface area contributed by atoms with Crippen molar-refractivity contribution >= 4 is 34.1 Å². The second kappa shape index (κ2) is 9.40. The van der Waals surface area contributed by atoms with Gasteiger partial charge in [-0.25, -0.2) is 0 Å². The predicted molar refractivity (Wildman–Crippen MR) is 125 cm³/mol. The SMILES string of the molecule is CCc1nnc(NC(=O)CSc2nnc(-c3cccc(C)c3)n2-c2ccc(C)cc2)s1. The Hall–Kier alpha value is -3.04. The summed E-state index contributed by atoms with van der Waals surface area (Å²) in [5.74, 6) is 0.783. The fourth-order valence-electron chi connectivity index (χ4n) is 2.99. The van der Waals surface area contributed by atoms with Gasteiger partial charge in [0.25, 0.3) is 0 Å². The van der Waals surface area contributed by atoms with E-state index in [9.17, 15) is 4.79 Å². The number of benzene rings is 2. The Labute approximate surface area is 189 Å². The van der Waals surface area contributed by atoms with E-state index in [1.807, 2.05) is 48.7 Å². The average Bonchev–Trinajstić information content (AvgIpc) is 3.39. The van der Waals surface area contributed by atoms with Gasteiger partial charge in [-0.05, 0) is 38.5 Å². The fraction of sp³-hybridized carbons (Fsp3) is 0.227. The summed E-state index contributed by atoms with van der Waals surface area (Å²) in [5, 5.41) is 21.7. The topological polar surface area (TPSA) is 85.6 Å². The lowest BCUT2D eigenvalue weighted by Crippen LogP contribution is -2.14. The van der Waals surface area contributed by atoms with Crippen molar-refractivity contribution in [1.29, 1.82) is 0 Å². The van der Waals surface area contributed by atoms with Crippen LogP contribution in [0.1, 0.15) is 23.1 Å². The Morgan fingerprint density at radius 1 is 1.03 bits per heavy atom. The number of hydrogen-bond acceptors (Lipinski definition) is 7. The maximum Gasteiger partial charge on any atom is 0.236 e. The summed E-state index contributed by atoms with van der Waals surface area (Å²) in [6.07, 6.45) is 0.795. The van der Waals surface area contributed by atoms with E-state index in [4.69, 9.17) is 0 Å². The first-order chi connectivity index (χ1) is 15.0. The van der Waals surface area contributed by atoms with E-state index in [0.717, 1.165) is 34.1 Å². The van der Waals surface area contributed by atoms with Crippen LogP contribution >= 0.6 is 23.1 Å². The molecule has 0 aliphatic carbocycles. The van der Waals surface area contributed by atoms with E-state index < -0.39 is 0 Å². The van der Waals surface area contributed by atoms with Crippen molar-refractivity contribution in [2.75, 3.05) is 11.1 Å². The first-order valence-corrected chi connectivity index (χ1v) is 11.7. The molecule has 7 nitrogen and oxygen atoms in total. The van der Waals surface area contributed by atoms with Gasteiger partial charge in [0.15, 0.2) is 11.0 Å². The zero-order valence-electron chi connectivity index (χ0n) is 17.5. The average molecular weight is 451 g/mol. The standard InChI is InChI=1S/C22H22N6OS2/c1-4-19-24-26-21(31-19)23-18(29)13-30-22-27-25-20(16-7-5-6-15(3)12-16)28(22)17-10-8-14(2)9-11-17/h5-12H,4,13H2,1-3H3,(H,23,26,29). The Morgan fingerprint density at radius 2 is 1.84 bits per heavy atom. The Balaban J connectivity index is 1.59. The van der Waals surface area contributed by atoms with Crippen LogP contribution in [0.25, 0.3) is 17.1 Å². The number of carbonyl (C=O) groups is 1. The smallest absolute Gasteiger partial charge is 0.236 e. The van der Waals surface area contributed by atoms with Gasteiger partial charge < -0.3 is 0 Å². The fourth-order valence-corrected chi connectivity index (χ4v) is 4.44. The van der Waals surface area contributed by atoms with Crippen LogP contribution in [-0.2, 0) is 11.2 Å². The predicted octanol–water partition coefficient (Wildman–Crippen LogP) is 4.70. The molecule has 2 aromatic heterocycles. The molecule has 0 unspecified atom stereocenters. The van der Waals surface area contributed by atoms with Gasteiger partial charge in [-0.2, -0.15) is 0 Å². The number of aromatic nitrogens is 5. The molecule has 0 saturated carbocycles. The molecule has 1 N–H and O–H groups in total. The second-order valence-electron chi connectivity index (χ2n) is 7.04. The number of nitrogens with one attached hydrogen (secondary N) is 1. The summed E-state index contributed by atoms with van der Waals surface area (Å²) in [4.78, 5) is 12.4. The van der Waals surface area contributed by atoms with Crippen molar-refractivity contribution in [3.8, 4) is 17.1 Å². The molecule has 0 saturated heterocycles. The summed E-state index contributed by atoms with van der Waals surface area (Å²) in [6, 6.07) is 16.3. The van der Waals surface area contributed by atoms with Crippen LogP contribution in [0, 0.1) is 13.8 Å². The highest BCUT2D eigenvalue weighted by atomic mass is 32.2. The maximum atomic E-state index is 12.4. The summed E-state index contributed by atoms with van der Waals surface area (Å²) in [6.45, 7) is 6.11. The minimum Gasteiger partial charge on any atom is -0.300 e. The molecular formula is C22H22N6OS2. The van der Waals surface area contributed by atoms with Gasteiger partial charge in [-0.15, -0.1) is 20.4 Å². The van der Waals surface area contributed by atoms with Crippen LogP contribution in [0.4, 0.5) is 5.13 Å². The molecule has 4 aromatic rings. The zero-order valence-corrected chi connectivity index (χ0v) is 19.1. The van der Waals surface area contributed by atoms with Gasteiger partial charge in [-0.3, -0.25) is 14.7 Å². The first-order valence-electron chi connectivity index (χ1n) is 9.88. The molecule has 31 heavy (non-hydrogen) atoms. The Bertz CT molecular complexity index is 1200. The number of rotatable bonds is 7. The highest BCUT2D eigenvalue weighted by molar-refractivity contribution is 7.99. The van der Waals surface area contributed by atoms with Gasteiger partial charge in [0, 0.05) is 11.3 Å². The molecule has 0 spiro atoms. The van der Waals surface area contributed by atoms with Crippen molar-refractivity contribution in [2.45, 2.75) is 32.3 Å². The zero-order chi connectivity index (χ0) is 21.8. The summed E-state index contributed by atoms with van der Waals surface area (Å²) < 4.78 is 1.99. The van der Waals surface area contributed by atoms with Crippen LogP contribution in [0.15, 0.2) is 53.7 Å². The van der Waals surface area contributed by atoms with Crippen LogP contribution in [-0.4, -0.2) is 36.6 Å². The molecule has 0 aliphatic rings. The highest BCUT2D eigenvalue weighted by Gasteiger charge is 2.18. The van der Waals surface area contributed by atoms with Crippen molar-refractivity contribution < 1.29 is 4.79 Å². The third-order valence-electron chi connectivity index (χ3n) is 4.55. The maximum absolute atomic E-state index is 12.4. The monoisotopic (exact) mass is 450 g/mol. The molecule has 158 valence electrons. The first kappa shape index (κ1) is 21.2. The third-order valence-corrected chi connectivity index (χ3v) is 6.46. The van der Waals surface area contributed by atoms with Crippen LogP contribution < -0.4 is 5.32 Å². The highest BCUT2D eigenvalue weighted by Crippen LogP contribution is 2.29. The second-order valence-corrected chi connectivity index (χ2v) is 9.04. The number of anilines is 1. The van der Waals surface area contributed by atoms with Gasteiger partial charge in [0.05, 0.1) is 5.75 Å². The minimum absolute atomic E-state index is 0.153.